The largest absolute Gasteiger partial charge is 0.459 e. The molecular weight excluding hydrogens is 473 g/mol. The number of nitrogens with one attached hydrogen (secondary N) is 2. The Labute approximate surface area is 181 Å². The quantitative estimate of drug-likeness (QED) is 0.291. The van der Waals surface area contributed by atoms with Crippen LogP contribution in [0.25, 0.3) is 11.0 Å². The Morgan fingerprint density at radius 1 is 1.25 bits per heavy atom. The molecule has 0 spiro atoms. The maximum Gasteiger partial charge on any atom is 0.246 e. The molecular formula is C19H26IN5O3. The number of aryl methyl sites for hydroxylation is 1. The number of aliphatic imine (C=N–C) groups is 1. The molecule has 1 aromatic carbocycles. The number of para-hydroxylation sites is 1. The highest BCUT2D eigenvalue weighted by Crippen LogP contribution is 2.24. The van der Waals surface area contributed by atoms with E-state index in [1.807, 2.05) is 32.0 Å². The number of furan rings is 1. The molecule has 3 rings (SSSR count). The van der Waals surface area contributed by atoms with Crippen molar-refractivity contribution in [2.75, 3.05) is 13.7 Å². The lowest BCUT2D eigenvalue weighted by Crippen LogP contribution is -2.36. The van der Waals surface area contributed by atoms with Gasteiger partial charge < -0.3 is 24.3 Å². The Morgan fingerprint density at radius 2 is 2.00 bits per heavy atom. The number of rotatable bonds is 7. The first-order chi connectivity index (χ1) is 13.1. The highest BCUT2D eigenvalue weighted by atomic mass is 127. The van der Waals surface area contributed by atoms with Crippen molar-refractivity contribution in [2.45, 2.75) is 40.0 Å². The standard InChI is InChI=1S/C19H25N5O3.HI/c1-5-25-13(3)18-23-17(27-24-18)11-22-19(20-4)21-10-16-12(2)14-8-6-7-9-15(14)26-16;/h6-9,13H,5,10-11H2,1-4H3,(H2,20,21,22);1H. The van der Waals surface area contributed by atoms with Gasteiger partial charge in [0.1, 0.15) is 17.4 Å². The Kier molecular flexibility index (Phi) is 8.24. The highest BCUT2D eigenvalue weighted by Gasteiger charge is 2.14. The molecule has 9 heteroatoms. The van der Waals surface area contributed by atoms with Crippen molar-refractivity contribution in [1.29, 1.82) is 0 Å². The van der Waals surface area contributed by atoms with Gasteiger partial charge in [-0.1, -0.05) is 23.4 Å². The van der Waals surface area contributed by atoms with Crippen LogP contribution in [0.2, 0.25) is 0 Å². The first-order valence-electron chi connectivity index (χ1n) is 8.98. The van der Waals surface area contributed by atoms with Gasteiger partial charge in [-0.05, 0) is 26.8 Å². The van der Waals surface area contributed by atoms with E-state index in [4.69, 9.17) is 13.7 Å². The second-order valence-electron chi connectivity index (χ2n) is 6.07. The first kappa shape index (κ1) is 22.2. The molecule has 1 atom stereocenters. The molecule has 0 bridgehead atoms. The van der Waals surface area contributed by atoms with E-state index in [0.29, 0.717) is 37.4 Å². The molecule has 0 saturated heterocycles. The van der Waals surface area contributed by atoms with E-state index in [-0.39, 0.29) is 30.1 Å². The molecule has 2 N–H and O–H groups in total. The van der Waals surface area contributed by atoms with E-state index in [9.17, 15) is 0 Å². The molecule has 8 nitrogen and oxygen atoms in total. The third-order valence-corrected chi connectivity index (χ3v) is 4.25. The summed E-state index contributed by atoms with van der Waals surface area (Å²) in [6.07, 6.45) is -0.194. The number of guanidine groups is 1. The maximum atomic E-state index is 5.91. The Bertz CT molecular complexity index is 921. The fourth-order valence-corrected chi connectivity index (χ4v) is 2.77. The van der Waals surface area contributed by atoms with Gasteiger partial charge in [0.05, 0.1) is 13.1 Å². The summed E-state index contributed by atoms with van der Waals surface area (Å²) < 4.78 is 16.6. The average Bonchev–Trinajstić information content (AvgIpc) is 3.28. The molecule has 0 aliphatic heterocycles. The average molecular weight is 499 g/mol. The number of nitrogens with zero attached hydrogens (tertiary/aromatic N) is 3. The van der Waals surface area contributed by atoms with Crippen LogP contribution in [0.1, 0.15) is 43.0 Å². The van der Waals surface area contributed by atoms with E-state index in [0.717, 1.165) is 22.3 Å². The minimum absolute atomic E-state index is 0. The first-order valence-corrected chi connectivity index (χ1v) is 8.98. The van der Waals surface area contributed by atoms with Gasteiger partial charge in [-0.3, -0.25) is 4.99 Å². The number of aromatic nitrogens is 2. The van der Waals surface area contributed by atoms with Gasteiger partial charge in [0.15, 0.2) is 11.8 Å². The molecule has 0 fully saturated rings. The van der Waals surface area contributed by atoms with Crippen LogP contribution in [0.5, 0.6) is 0 Å². The number of ether oxygens (including phenoxy) is 1. The highest BCUT2D eigenvalue weighted by molar-refractivity contribution is 14.0. The zero-order chi connectivity index (χ0) is 19.2. The van der Waals surface area contributed by atoms with Gasteiger partial charge in [0.25, 0.3) is 0 Å². The van der Waals surface area contributed by atoms with Gasteiger partial charge in [-0.2, -0.15) is 4.98 Å². The van der Waals surface area contributed by atoms with Crippen LogP contribution in [0.15, 0.2) is 38.2 Å². The Balaban J connectivity index is 0.00000280. The number of hydrogen-bond acceptors (Lipinski definition) is 6. The summed E-state index contributed by atoms with van der Waals surface area (Å²) in [6, 6.07) is 8.00. The van der Waals surface area contributed by atoms with Crippen molar-refractivity contribution in [1.82, 2.24) is 20.8 Å². The lowest BCUT2D eigenvalue weighted by molar-refractivity contribution is 0.0683. The van der Waals surface area contributed by atoms with E-state index >= 15 is 0 Å². The second kappa shape index (κ2) is 10.4. The monoisotopic (exact) mass is 499 g/mol. The lowest BCUT2D eigenvalue weighted by Gasteiger charge is -2.09. The summed E-state index contributed by atoms with van der Waals surface area (Å²) >= 11 is 0. The normalized spacial score (nSPS) is 12.6. The van der Waals surface area contributed by atoms with Gasteiger partial charge >= 0.3 is 0 Å². The zero-order valence-corrected chi connectivity index (χ0v) is 18.8. The van der Waals surface area contributed by atoms with Crippen molar-refractivity contribution in [3.8, 4) is 0 Å². The van der Waals surface area contributed by atoms with E-state index in [1.54, 1.807) is 7.05 Å². The molecule has 152 valence electrons. The summed E-state index contributed by atoms with van der Waals surface area (Å²) in [6.45, 7) is 7.36. The van der Waals surface area contributed by atoms with E-state index in [1.165, 1.54) is 0 Å². The van der Waals surface area contributed by atoms with Crippen molar-refractivity contribution < 1.29 is 13.7 Å². The predicted molar refractivity (Wildman–Crippen MR) is 118 cm³/mol. The third kappa shape index (κ3) is 5.22. The fraction of sp³-hybridized carbons (Fsp3) is 0.421. The summed E-state index contributed by atoms with van der Waals surface area (Å²) in [5.74, 6) is 2.51. The Hall–Kier alpha value is -2.14. The molecule has 1 unspecified atom stereocenters. The molecule has 0 aliphatic carbocycles. The van der Waals surface area contributed by atoms with E-state index in [2.05, 4.69) is 38.8 Å². The Morgan fingerprint density at radius 3 is 2.71 bits per heavy atom. The number of halogens is 1. The number of hydrogen-bond donors (Lipinski definition) is 2. The minimum atomic E-state index is -0.194. The molecule has 2 aromatic heterocycles. The molecule has 0 aliphatic rings. The summed E-state index contributed by atoms with van der Waals surface area (Å²) in [5, 5.41) is 11.5. The van der Waals surface area contributed by atoms with Crippen LogP contribution in [0.3, 0.4) is 0 Å². The van der Waals surface area contributed by atoms with E-state index < -0.39 is 0 Å². The maximum absolute atomic E-state index is 5.91. The van der Waals surface area contributed by atoms with Gasteiger partial charge in [-0.15, -0.1) is 24.0 Å². The minimum Gasteiger partial charge on any atom is -0.459 e. The summed E-state index contributed by atoms with van der Waals surface area (Å²) in [4.78, 5) is 8.54. The van der Waals surface area contributed by atoms with Crippen LogP contribution in [0, 0.1) is 6.92 Å². The molecule has 0 radical (unpaired) electrons. The number of fused-ring (bicyclic) bond motifs is 1. The second-order valence-corrected chi connectivity index (χ2v) is 6.07. The SMILES string of the molecule is CCOC(C)c1noc(CNC(=NC)NCc2oc3ccccc3c2C)n1.I. The van der Waals surface area contributed by atoms with Gasteiger partial charge in [-0.25, -0.2) is 0 Å². The molecule has 3 aromatic rings. The summed E-state index contributed by atoms with van der Waals surface area (Å²) in [7, 11) is 1.71. The third-order valence-electron chi connectivity index (χ3n) is 4.25. The lowest BCUT2D eigenvalue weighted by atomic mass is 10.1. The molecule has 2 heterocycles. The van der Waals surface area contributed by atoms with Crippen molar-refractivity contribution in [2.24, 2.45) is 4.99 Å². The van der Waals surface area contributed by atoms with Gasteiger partial charge in [0, 0.05) is 24.6 Å². The smallest absolute Gasteiger partial charge is 0.246 e. The van der Waals surface area contributed by atoms with Crippen molar-refractivity contribution >= 4 is 40.9 Å². The van der Waals surface area contributed by atoms with Crippen LogP contribution >= 0.6 is 24.0 Å². The van der Waals surface area contributed by atoms with Crippen LogP contribution < -0.4 is 10.6 Å². The fourth-order valence-electron chi connectivity index (χ4n) is 2.77. The molecule has 0 amide bonds. The summed E-state index contributed by atoms with van der Waals surface area (Å²) in [5.41, 5.74) is 2.01. The van der Waals surface area contributed by atoms with Crippen molar-refractivity contribution in [3.63, 3.8) is 0 Å². The molecule has 28 heavy (non-hydrogen) atoms. The predicted octanol–water partition coefficient (Wildman–Crippen LogP) is 3.70. The van der Waals surface area contributed by atoms with Gasteiger partial charge in [0.2, 0.25) is 5.89 Å². The van der Waals surface area contributed by atoms with Crippen LogP contribution in [-0.2, 0) is 17.8 Å². The number of benzene rings is 1. The van der Waals surface area contributed by atoms with Crippen LogP contribution in [0.4, 0.5) is 0 Å². The topological polar surface area (TPSA) is 97.7 Å². The molecule has 0 saturated carbocycles. The van der Waals surface area contributed by atoms with Crippen LogP contribution in [-0.4, -0.2) is 29.8 Å². The zero-order valence-electron chi connectivity index (χ0n) is 16.5. The van der Waals surface area contributed by atoms with Crippen molar-refractivity contribution in [3.05, 3.63) is 47.3 Å².